The first-order chi connectivity index (χ1) is 7.70. The van der Waals surface area contributed by atoms with Gasteiger partial charge in [-0.15, -0.1) is 0 Å². The fraction of sp³-hybridized carbons (Fsp3) is 0.545. The molecule has 17 heavy (non-hydrogen) atoms. The Hall–Kier alpha value is -1.30. The van der Waals surface area contributed by atoms with E-state index in [1.807, 2.05) is 0 Å². The molecule has 2 N–H and O–H groups in total. The van der Waals surface area contributed by atoms with Crippen molar-refractivity contribution in [2.75, 3.05) is 16.6 Å². The molecule has 0 amide bonds. The molecule has 1 aromatic heterocycles. The number of rotatable bonds is 3. The summed E-state index contributed by atoms with van der Waals surface area (Å²) in [5.74, 6) is 0.400. The number of sulfonamides is 1. The molecular weight excluding hydrogens is 238 g/mol. The molecule has 0 saturated carbocycles. The average Bonchev–Trinajstić information content (AvgIpc) is 2.20. The van der Waals surface area contributed by atoms with E-state index in [2.05, 4.69) is 4.98 Å². The van der Waals surface area contributed by atoms with Crippen molar-refractivity contribution >= 4 is 21.5 Å². The molecule has 0 radical (unpaired) electrons. The summed E-state index contributed by atoms with van der Waals surface area (Å²) in [6.07, 6.45) is 1.45. The molecule has 0 unspecified atom stereocenters. The molecule has 0 fully saturated rings. The molecular formula is C11H19N3O2S. The molecule has 0 saturated heterocycles. The Kier molecular flexibility index (Phi) is 3.66. The highest BCUT2D eigenvalue weighted by molar-refractivity contribution is 7.94. The van der Waals surface area contributed by atoms with E-state index in [0.29, 0.717) is 18.1 Å². The van der Waals surface area contributed by atoms with Crippen molar-refractivity contribution in [3.05, 3.63) is 18.3 Å². The lowest BCUT2D eigenvalue weighted by molar-refractivity contribution is 0.555. The van der Waals surface area contributed by atoms with Gasteiger partial charge >= 0.3 is 0 Å². The maximum absolute atomic E-state index is 12.3. The van der Waals surface area contributed by atoms with Crippen LogP contribution in [0.3, 0.4) is 0 Å². The number of hydrogen-bond acceptors (Lipinski definition) is 4. The molecule has 0 bridgehead atoms. The third-order valence-corrected chi connectivity index (χ3v) is 4.95. The van der Waals surface area contributed by atoms with Crippen LogP contribution in [0.1, 0.15) is 27.7 Å². The zero-order valence-electron chi connectivity index (χ0n) is 10.6. The monoisotopic (exact) mass is 257 g/mol. The van der Waals surface area contributed by atoms with Gasteiger partial charge in [0.05, 0.1) is 16.6 Å². The summed E-state index contributed by atoms with van der Waals surface area (Å²) in [6.45, 7) is 7.13. The van der Waals surface area contributed by atoms with Gasteiger partial charge in [0.1, 0.15) is 5.82 Å². The maximum atomic E-state index is 12.3. The SMILES string of the molecule is CCN(c1ccc(N)cn1)S(=O)(=O)C(C)(C)C. The number of aromatic nitrogens is 1. The van der Waals surface area contributed by atoms with E-state index in [1.54, 1.807) is 39.8 Å². The summed E-state index contributed by atoms with van der Waals surface area (Å²) in [7, 11) is -3.42. The van der Waals surface area contributed by atoms with Crippen molar-refractivity contribution in [1.29, 1.82) is 0 Å². The smallest absolute Gasteiger partial charge is 0.241 e. The zero-order chi connectivity index (χ0) is 13.3. The molecule has 1 rings (SSSR count). The summed E-state index contributed by atoms with van der Waals surface area (Å²) >= 11 is 0. The maximum Gasteiger partial charge on any atom is 0.241 e. The highest BCUT2D eigenvalue weighted by atomic mass is 32.2. The Balaban J connectivity index is 3.22. The van der Waals surface area contributed by atoms with Crippen LogP contribution in [0.4, 0.5) is 11.5 Å². The minimum absolute atomic E-state index is 0.344. The lowest BCUT2D eigenvalue weighted by Crippen LogP contribution is -2.43. The Morgan fingerprint density at radius 2 is 1.94 bits per heavy atom. The highest BCUT2D eigenvalue weighted by Gasteiger charge is 2.35. The van der Waals surface area contributed by atoms with Gasteiger partial charge in [-0.05, 0) is 39.8 Å². The molecule has 0 atom stereocenters. The van der Waals surface area contributed by atoms with E-state index in [-0.39, 0.29) is 0 Å². The van der Waals surface area contributed by atoms with Crippen molar-refractivity contribution in [3.63, 3.8) is 0 Å². The molecule has 0 spiro atoms. The van der Waals surface area contributed by atoms with Crippen LogP contribution in [0.15, 0.2) is 18.3 Å². The number of anilines is 2. The number of nitrogens with two attached hydrogens (primary N) is 1. The summed E-state index contributed by atoms with van der Waals surface area (Å²) in [4.78, 5) is 4.05. The van der Waals surface area contributed by atoms with Crippen LogP contribution >= 0.6 is 0 Å². The van der Waals surface area contributed by atoms with Gasteiger partial charge < -0.3 is 5.73 Å². The molecule has 1 aromatic rings. The normalized spacial score (nSPS) is 12.5. The van der Waals surface area contributed by atoms with Crippen LogP contribution in [0.2, 0.25) is 0 Å². The van der Waals surface area contributed by atoms with Crippen LogP contribution in [0.5, 0.6) is 0 Å². The predicted octanol–water partition coefficient (Wildman–Crippen LogP) is 1.62. The molecule has 0 aromatic carbocycles. The highest BCUT2D eigenvalue weighted by Crippen LogP contribution is 2.25. The number of pyridine rings is 1. The second-order valence-electron chi connectivity index (χ2n) is 4.73. The average molecular weight is 257 g/mol. The summed E-state index contributed by atoms with van der Waals surface area (Å²) < 4.78 is 25.1. The summed E-state index contributed by atoms with van der Waals surface area (Å²) in [6, 6.07) is 3.26. The first-order valence-electron chi connectivity index (χ1n) is 5.44. The van der Waals surface area contributed by atoms with Gasteiger partial charge in [0.15, 0.2) is 0 Å². The van der Waals surface area contributed by atoms with Crippen LogP contribution in [-0.4, -0.2) is 24.7 Å². The van der Waals surface area contributed by atoms with Gasteiger partial charge in [-0.1, -0.05) is 0 Å². The quantitative estimate of drug-likeness (QED) is 0.892. The summed E-state index contributed by atoms with van der Waals surface area (Å²) in [5.41, 5.74) is 6.04. The molecule has 1 heterocycles. The molecule has 0 aliphatic heterocycles. The van der Waals surface area contributed by atoms with E-state index < -0.39 is 14.8 Å². The molecule has 6 heteroatoms. The van der Waals surface area contributed by atoms with Crippen molar-refractivity contribution in [1.82, 2.24) is 4.98 Å². The van der Waals surface area contributed by atoms with E-state index in [1.165, 1.54) is 10.5 Å². The first-order valence-corrected chi connectivity index (χ1v) is 6.88. The van der Waals surface area contributed by atoms with Gasteiger partial charge in [-0.25, -0.2) is 13.4 Å². The van der Waals surface area contributed by atoms with Crippen LogP contribution < -0.4 is 10.0 Å². The Morgan fingerprint density at radius 1 is 1.35 bits per heavy atom. The van der Waals surface area contributed by atoms with Crippen LogP contribution in [0, 0.1) is 0 Å². The van der Waals surface area contributed by atoms with Crippen molar-refractivity contribution in [2.45, 2.75) is 32.4 Å². The minimum atomic E-state index is -3.42. The third-order valence-electron chi connectivity index (χ3n) is 2.38. The number of nitrogens with zero attached hydrogens (tertiary/aromatic N) is 2. The largest absolute Gasteiger partial charge is 0.397 e. The van der Waals surface area contributed by atoms with Crippen LogP contribution in [0.25, 0.3) is 0 Å². The van der Waals surface area contributed by atoms with Gasteiger partial charge in [0.25, 0.3) is 0 Å². The van der Waals surface area contributed by atoms with Gasteiger partial charge in [0, 0.05) is 6.54 Å². The Labute approximate surface area is 103 Å². The number of hydrogen-bond donors (Lipinski definition) is 1. The standard InChI is InChI=1S/C11H19N3O2S/c1-5-14(17(15,16)11(2,3)4)10-7-6-9(12)8-13-10/h6-8H,5,12H2,1-4H3. The lowest BCUT2D eigenvalue weighted by atomic mass is 10.3. The van der Waals surface area contributed by atoms with Gasteiger partial charge in [-0.2, -0.15) is 0 Å². The molecule has 0 aliphatic rings. The van der Waals surface area contributed by atoms with E-state index in [4.69, 9.17) is 5.73 Å². The zero-order valence-corrected chi connectivity index (χ0v) is 11.5. The van der Waals surface area contributed by atoms with Crippen molar-refractivity contribution in [2.24, 2.45) is 0 Å². The fourth-order valence-electron chi connectivity index (χ4n) is 1.33. The van der Waals surface area contributed by atoms with Crippen LogP contribution in [-0.2, 0) is 10.0 Å². The number of nitrogen functional groups attached to an aromatic ring is 1. The fourth-order valence-corrected chi connectivity index (χ4v) is 2.69. The Bertz CT molecular complexity index is 474. The van der Waals surface area contributed by atoms with Crippen molar-refractivity contribution in [3.8, 4) is 0 Å². The second-order valence-corrected chi connectivity index (χ2v) is 7.35. The van der Waals surface area contributed by atoms with E-state index in [0.717, 1.165) is 0 Å². The third kappa shape index (κ3) is 2.69. The van der Waals surface area contributed by atoms with Crippen molar-refractivity contribution < 1.29 is 8.42 Å². The Morgan fingerprint density at radius 3 is 2.29 bits per heavy atom. The van der Waals surface area contributed by atoms with E-state index in [9.17, 15) is 8.42 Å². The first kappa shape index (κ1) is 13.8. The molecule has 96 valence electrons. The second kappa shape index (κ2) is 4.52. The minimum Gasteiger partial charge on any atom is -0.397 e. The lowest BCUT2D eigenvalue weighted by Gasteiger charge is -2.29. The molecule has 5 nitrogen and oxygen atoms in total. The predicted molar refractivity (Wildman–Crippen MR) is 70.3 cm³/mol. The van der Waals surface area contributed by atoms with E-state index >= 15 is 0 Å². The molecule has 0 aliphatic carbocycles. The topological polar surface area (TPSA) is 76.3 Å². The van der Waals surface area contributed by atoms with Gasteiger partial charge in [-0.3, -0.25) is 4.31 Å². The van der Waals surface area contributed by atoms with Gasteiger partial charge in [0.2, 0.25) is 10.0 Å². The summed E-state index contributed by atoms with van der Waals surface area (Å²) in [5, 5.41) is 0.